The van der Waals surface area contributed by atoms with Gasteiger partial charge in [0.2, 0.25) is 11.5 Å². The van der Waals surface area contributed by atoms with Gasteiger partial charge in [0.05, 0.1) is 11.1 Å². The topological polar surface area (TPSA) is 70.4 Å². The number of hydrogen-bond donors (Lipinski definition) is 2. The first-order valence-corrected chi connectivity index (χ1v) is 6.39. The van der Waals surface area contributed by atoms with Crippen LogP contribution >= 0.6 is 0 Å². The van der Waals surface area contributed by atoms with Crippen molar-refractivity contribution in [1.82, 2.24) is 4.98 Å². The molecular formula is C16H13NO3. The van der Waals surface area contributed by atoms with Gasteiger partial charge < -0.3 is 10.2 Å². The number of rotatable bonds is 2. The Hall–Kier alpha value is -2.62. The number of Topliss-reactive ketones (excluding diaryl/α,β-unsaturated/α-hetero) is 1. The number of carbonyl (C=O) groups excluding carboxylic acids is 1. The van der Waals surface area contributed by atoms with Crippen LogP contribution in [0.25, 0.3) is 16.5 Å². The first kappa shape index (κ1) is 12.4. The fraction of sp³-hybridized carbons (Fsp3) is 0.125. The van der Waals surface area contributed by atoms with Crippen LogP contribution in [0.4, 0.5) is 0 Å². The number of nitrogens with zero attached hydrogens (tertiary/aromatic N) is 1. The molecule has 20 heavy (non-hydrogen) atoms. The average Bonchev–Trinajstić information content (AvgIpc) is 2.51. The summed E-state index contributed by atoms with van der Waals surface area (Å²) in [5.74, 6) is -1.36. The van der Waals surface area contributed by atoms with E-state index in [2.05, 4.69) is 4.98 Å². The minimum atomic E-state index is -0.552. The third-order valence-corrected chi connectivity index (χ3v) is 3.53. The highest BCUT2D eigenvalue weighted by Crippen LogP contribution is 2.37. The lowest BCUT2D eigenvalue weighted by Crippen LogP contribution is -2.23. The van der Waals surface area contributed by atoms with E-state index in [1.807, 2.05) is 37.3 Å². The van der Waals surface area contributed by atoms with Gasteiger partial charge in [-0.15, -0.1) is 0 Å². The maximum absolute atomic E-state index is 11.7. The molecule has 1 aliphatic carbocycles. The van der Waals surface area contributed by atoms with Gasteiger partial charge in [0.1, 0.15) is 0 Å². The molecule has 3 rings (SSSR count). The highest BCUT2D eigenvalue weighted by Gasteiger charge is 2.36. The number of para-hydroxylation sites is 1. The molecule has 0 saturated heterocycles. The van der Waals surface area contributed by atoms with Crippen molar-refractivity contribution in [3.63, 3.8) is 0 Å². The second-order valence-corrected chi connectivity index (χ2v) is 4.61. The SMILES string of the molecule is CCC(=C1C(=O)C(O)=C1O)c1ccnc2ccccc12. The minimum Gasteiger partial charge on any atom is -0.504 e. The molecule has 0 spiro atoms. The monoisotopic (exact) mass is 267 g/mol. The number of aromatic nitrogens is 1. The summed E-state index contributed by atoms with van der Waals surface area (Å²) in [5.41, 5.74) is 2.63. The number of ketones is 1. The molecule has 0 atom stereocenters. The number of carbonyl (C=O) groups is 1. The Labute approximate surface area is 115 Å². The third kappa shape index (κ3) is 1.61. The molecule has 100 valence electrons. The highest BCUT2D eigenvalue weighted by molar-refractivity contribution is 6.22. The molecule has 1 heterocycles. The summed E-state index contributed by atoms with van der Waals surface area (Å²) in [4.78, 5) is 16.0. The third-order valence-electron chi connectivity index (χ3n) is 3.53. The van der Waals surface area contributed by atoms with Crippen molar-refractivity contribution >= 4 is 22.3 Å². The molecule has 2 N–H and O–H groups in total. The van der Waals surface area contributed by atoms with Gasteiger partial charge >= 0.3 is 0 Å². The summed E-state index contributed by atoms with van der Waals surface area (Å²) in [5, 5.41) is 19.9. The maximum Gasteiger partial charge on any atom is 0.235 e. The van der Waals surface area contributed by atoms with E-state index in [0.29, 0.717) is 6.42 Å². The summed E-state index contributed by atoms with van der Waals surface area (Å²) >= 11 is 0. The molecule has 1 aliphatic rings. The zero-order valence-corrected chi connectivity index (χ0v) is 10.9. The van der Waals surface area contributed by atoms with E-state index in [9.17, 15) is 15.0 Å². The van der Waals surface area contributed by atoms with Crippen LogP contribution in [0, 0.1) is 0 Å². The molecule has 0 radical (unpaired) electrons. The molecule has 0 fully saturated rings. The number of aliphatic hydroxyl groups is 2. The average molecular weight is 267 g/mol. The van der Waals surface area contributed by atoms with E-state index in [4.69, 9.17) is 0 Å². The predicted octanol–water partition coefficient (Wildman–Crippen LogP) is 3.31. The Bertz CT molecular complexity index is 782. The Balaban J connectivity index is 2.30. The van der Waals surface area contributed by atoms with E-state index in [-0.39, 0.29) is 11.3 Å². The van der Waals surface area contributed by atoms with Gasteiger partial charge in [0.25, 0.3) is 0 Å². The molecule has 1 aromatic carbocycles. The number of allylic oxidation sites excluding steroid dienone is 3. The van der Waals surface area contributed by atoms with Gasteiger partial charge in [-0.1, -0.05) is 25.1 Å². The van der Waals surface area contributed by atoms with Crippen LogP contribution < -0.4 is 0 Å². The van der Waals surface area contributed by atoms with Crippen molar-refractivity contribution in [3.8, 4) is 0 Å². The number of hydrogen-bond acceptors (Lipinski definition) is 4. The number of benzene rings is 1. The van der Waals surface area contributed by atoms with E-state index >= 15 is 0 Å². The summed E-state index contributed by atoms with van der Waals surface area (Å²) in [6.07, 6.45) is 2.25. The van der Waals surface area contributed by atoms with Crippen molar-refractivity contribution < 1.29 is 15.0 Å². The van der Waals surface area contributed by atoms with Crippen molar-refractivity contribution in [2.24, 2.45) is 0 Å². The Kier molecular flexibility index (Phi) is 2.79. The largest absolute Gasteiger partial charge is 0.504 e. The molecule has 0 aliphatic heterocycles. The van der Waals surface area contributed by atoms with Crippen LogP contribution in [0.1, 0.15) is 18.9 Å². The van der Waals surface area contributed by atoms with E-state index in [1.165, 1.54) is 0 Å². The van der Waals surface area contributed by atoms with Crippen LogP contribution in [-0.4, -0.2) is 21.0 Å². The maximum atomic E-state index is 11.7. The molecule has 1 aromatic heterocycles. The van der Waals surface area contributed by atoms with Gasteiger partial charge in [-0.25, -0.2) is 0 Å². The number of aliphatic hydroxyl groups excluding tert-OH is 2. The molecule has 2 aromatic rings. The van der Waals surface area contributed by atoms with Gasteiger partial charge in [0.15, 0.2) is 5.76 Å². The van der Waals surface area contributed by atoms with Crippen molar-refractivity contribution in [1.29, 1.82) is 0 Å². The molecule has 0 saturated carbocycles. The van der Waals surface area contributed by atoms with Crippen LogP contribution in [0.2, 0.25) is 0 Å². The first-order chi connectivity index (χ1) is 9.65. The van der Waals surface area contributed by atoms with Crippen molar-refractivity contribution in [2.75, 3.05) is 0 Å². The van der Waals surface area contributed by atoms with Crippen LogP contribution in [0.15, 0.2) is 53.6 Å². The fourth-order valence-electron chi connectivity index (χ4n) is 2.53. The van der Waals surface area contributed by atoms with E-state index in [1.54, 1.807) is 6.20 Å². The number of pyridine rings is 1. The first-order valence-electron chi connectivity index (χ1n) is 6.39. The van der Waals surface area contributed by atoms with Gasteiger partial charge in [0, 0.05) is 11.6 Å². The summed E-state index contributed by atoms with van der Waals surface area (Å²) < 4.78 is 0. The van der Waals surface area contributed by atoms with E-state index < -0.39 is 11.5 Å². The van der Waals surface area contributed by atoms with Gasteiger partial charge in [-0.2, -0.15) is 0 Å². The van der Waals surface area contributed by atoms with Crippen LogP contribution in [-0.2, 0) is 4.79 Å². The lowest BCUT2D eigenvalue weighted by Gasteiger charge is -2.21. The normalized spacial score (nSPS) is 17.4. The summed E-state index contributed by atoms with van der Waals surface area (Å²) in [6, 6.07) is 9.45. The Morgan fingerprint density at radius 2 is 1.90 bits per heavy atom. The van der Waals surface area contributed by atoms with Crippen molar-refractivity contribution in [2.45, 2.75) is 13.3 Å². The molecular weight excluding hydrogens is 254 g/mol. The fourth-order valence-corrected chi connectivity index (χ4v) is 2.53. The van der Waals surface area contributed by atoms with E-state index in [0.717, 1.165) is 22.0 Å². The van der Waals surface area contributed by atoms with Crippen LogP contribution in [0.5, 0.6) is 0 Å². The zero-order valence-electron chi connectivity index (χ0n) is 10.9. The Morgan fingerprint density at radius 1 is 1.15 bits per heavy atom. The smallest absolute Gasteiger partial charge is 0.235 e. The lowest BCUT2D eigenvalue weighted by molar-refractivity contribution is -0.116. The molecule has 0 bridgehead atoms. The van der Waals surface area contributed by atoms with Crippen molar-refractivity contribution in [3.05, 3.63) is 59.2 Å². The number of fused-ring (bicyclic) bond motifs is 1. The molecule has 0 amide bonds. The second-order valence-electron chi connectivity index (χ2n) is 4.61. The molecule has 4 heteroatoms. The van der Waals surface area contributed by atoms with Gasteiger partial charge in [-0.05, 0) is 29.7 Å². The quantitative estimate of drug-likeness (QED) is 0.819. The molecule has 0 unspecified atom stereocenters. The second kappa shape index (κ2) is 4.49. The summed E-state index contributed by atoms with van der Waals surface area (Å²) in [6.45, 7) is 1.91. The zero-order chi connectivity index (χ0) is 14.3. The predicted molar refractivity (Wildman–Crippen MR) is 76.2 cm³/mol. The van der Waals surface area contributed by atoms with Gasteiger partial charge in [-0.3, -0.25) is 9.78 Å². The van der Waals surface area contributed by atoms with Crippen LogP contribution in [0.3, 0.4) is 0 Å². The summed E-state index contributed by atoms with van der Waals surface area (Å²) in [7, 11) is 0. The molecule has 4 nitrogen and oxygen atoms in total. The standard InChI is InChI=1S/C16H13NO3/c1-2-9(13-14(18)16(20)15(13)19)10-7-8-17-12-6-4-3-5-11(10)12/h3-8,18,20H,2H2,1H3. The highest BCUT2D eigenvalue weighted by atomic mass is 16.3. The lowest BCUT2D eigenvalue weighted by atomic mass is 9.85. The minimum absolute atomic E-state index is 0.210. The Morgan fingerprint density at radius 3 is 2.60 bits per heavy atom.